The summed E-state index contributed by atoms with van der Waals surface area (Å²) in [4.78, 5) is 0. The molecule has 40 heavy (non-hydrogen) atoms. The first-order valence-corrected chi connectivity index (χ1v) is 17.1. The lowest BCUT2D eigenvalue weighted by Gasteiger charge is -2.15. The maximum atomic E-state index is 5.99. The minimum Gasteiger partial charge on any atom is -0.496 e. The second kappa shape index (κ2) is 32.4. The lowest BCUT2D eigenvalue weighted by atomic mass is 9.96. The van der Waals surface area contributed by atoms with Gasteiger partial charge in [-0.2, -0.15) is 0 Å². The normalized spacial score (nSPS) is 11.3. The van der Waals surface area contributed by atoms with Gasteiger partial charge < -0.3 is 19.9 Å². The van der Waals surface area contributed by atoms with Gasteiger partial charge in [0.2, 0.25) is 0 Å². The molecular formula is C36H71NO3. The molecule has 0 aromatic heterocycles. The summed E-state index contributed by atoms with van der Waals surface area (Å²) >= 11 is 0. The van der Waals surface area contributed by atoms with Gasteiger partial charge in [0.25, 0.3) is 0 Å². The molecule has 0 saturated heterocycles. The SMILES string of the molecule is CC.CCCC.CCCOCCCCCOCCCCCCCCCCCc1cc(C)c(CC(C)N)cc1OC. The molecule has 1 rings (SSSR count). The Labute approximate surface area is 251 Å². The van der Waals surface area contributed by atoms with Gasteiger partial charge in [-0.3, -0.25) is 0 Å². The monoisotopic (exact) mass is 566 g/mol. The first kappa shape index (κ1) is 41.0. The van der Waals surface area contributed by atoms with Crippen molar-refractivity contribution in [1.29, 1.82) is 0 Å². The predicted molar refractivity (Wildman–Crippen MR) is 178 cm³/mol. The average Bonchev–Trinajstić information content (AvgIpc) is 2.96. The first-order valence-electron chi connectivity index (χ1n) is 17.1. The van der Waals surface area contributed by atoms with E-state index in [1.165, 1.54) is 107 Å². The molecule has 1 aromatic rings. The fraction of sp³-hybridized carbons (Fsp3) is 0.833. The highest BCUT2D eigenvalue weighted by Crippen LogP contribution is 2.26. The van der Waals surface area contributed by atoms with Crippen molar-refractivity contribution in [2.45, 2.75) is 164 Å². The number of unbranched alkanes of at least 4 members (excludes halogenated alkanes) is 11. The summed E-state index contributed by atoms with van der Waals surface area (Å²) in [5.41, 5.74) is 9.98. The van der Waals surface area contributed by atoms with Crippen molar-refractivity contribution in [3.8, 4) is 5.75 Å². The lowest BCUT2D eigenvalue weighted by molar-refractivity contribution is 0.113. The highest BCUT2D eigenvalue weighted by Gasteiger charge is 2.09. The van der Waals surface area contributed by atoms with Crippen LogP contribution in [-0.4, -0.2) is 39.6 Å². The average molecular weight is 566 g/mol. The number of aryl methyl sites for hydroxylation is 2. The van der Waals surface area contributed by atoms with E-state index >= 15 is 0 Å². The summed E-state index contributed by atoms with van der Waals surface area (Å²) < 4.78 is 16.9. The topological polar surface area (TPSA) is 53.7 Å². The molecule has 1 atom stereocenters. The second-order valence-corrected chi connectivity index (χ2v) is 11.0. The van der Waals surface area contributed by atoms with Crippen LogP contribution in [0.15, 0.2) is 12.1 Å². The Morgan fingerprint density at radius 1 is 0.625 bits per heavy atom. The minimum absolute atomic E-state index is 0.179. The summed E-state index contributed by atoms with van der Waals surface area (Å²) in [6, 6.07) is 4.69. The van der Waals surface area contributed by atoms with Crippen molar-refractivity contribution < 1.29 is 14.2 Å². The van der Waals surface area contributed by atoms with Gasteiger partial charge in [-0.1, -0.05) is 98.5 Å². The highest BCUT2D eigenvalue weighted by molar-refractivity contribution is 5.42. The number of hydrogen-bond donors (Lipinski definition) is 1. The zero-order valence-electron chi connectivity index (χ0n) is 28.4. The molecule has 4 heteroatoms. The van der Waals surface area contributed by atoms with E-state index in [2.05, 4.69) is 46.8 Å². The summed E-state index contributed by atoms with van der Waals surface area (Å²) in [5.74, 6) is 1.03. The molecule has 2 N–H and O–H groups in total. The van der Waals surface area contributed by atoms with Crippen molar-refractivity contribution in [3.05, 3.63) is 28.8 Å². The Hall–Kier alpha value is -1.10. The molecule has 0 fully saturated rings. The van der Waals surface area contributed by atoms with E-state index in [1.54, 1.807) is 7.11 Å². The zero-order chi connectivity index (χ0) is 30.3. The van der Waals surface area contributed by atoms with Crippen molar-refractivity contribution >= 4 is 0 Å². The Bertz CT molecular complexity index is 631. The molecule has 0 bridgehead atoms. The first-order chi connectivity index (χ1) is 19.5. The summed E-state index contributed by atoms with van der Waals surface area (Å²) in [6.45, 7) is 18.4. The summed E-state index contributed by atoms with van der Waals surface area (Å²) in [5, 5.41) is 0. The van der Waals surface area contributed by atoms with Gasteiger partial charge in [0.05, 0.1) is 7.11 Å². The van der Waals surface area contributed by atoms with Crippen LogP contribution in [0.3, 0.4) is 0 Å². The Morgan fingerprint density at radius 3 is 1.52 bits per heavy atom. The van der Waals surface area contributed by atoms with Gasteiger partial charge in [-0.05, 0) is 88.0 Å². The fourth-order valence-electron chi connectivity index (χ4n) is 4.43. The molecule has 0 aliphatic rings. The zero-order valence-corrected chi connectivity index (χ0v) is 28.4. The second-order valence-electron chi connectivity index (χ2n) is 11.0. The van der Waals surface area contributed by atoms with Crippen molar-refractivity contribution in [2.24, 2.45) is 5.73 Å². The predicted octanol–water partition coefficient (Wildman–Crippen LogP) is 10.4. The number of nitrogens with two attached hydrogens (primary N) is 1. The van der Waals surface area contributed by atoms with Crippen LogP contribution in [0.25, 0.3) is 0 Å². The molecule has 1 aromatic carbocycles. The van der Waals surface area contributed by atoms with Crippen LogP contribution in [0, 0.1) is 6.92 Å². The number of benzene rings is 1. The number of ether oxygens (including phenoxy) is 3. The summed E-state index contributed by atoms with van der Waals surface area (Å²) in [7, 11) is 1.78. The maximum Gasteiger partial charge on any atom is 0.122 e. The molecule has 0 aliphatic heterocycles. The maximum absolute atomic E-state index is 5.99. The Balaban J connectivity index is 0. The third-order valence-electron chi connectivity index (χ3n) is 6.94. The van der Waals surface area contributed by atoms with E-state index in [4.69, 9.17) is 19.9 Å². The van der Waals surface area contributed by atoms with Gasteiger partial charge in [0.15, 0.2) is 0 Å². The van der Waals surface area contributed by atoms with Crippen LogP contribution in [0.2, 0.25) is 0 Å². The van der Waals surface area contributed by atoms with Gasteiger partial charge in [0.1, 0.15) is 5.75 Å². The minimum atomic E-state index is 0.179. The van der Waals surface area contributed by atoms with Gasteiger partial charge in [-0.15, -0.1) is 0 Å². The molecule has 1 unspecified atom stereocenters. The molecule has 0 spiro atoms. The van der Waals surface area contributed by atoms with Crippen LogP contribution < -0.4 is 10.5 Å². The third-order valence-corrected chi connectivity index (χ3v) is 6.94. The highest BCUT2D eigenvalue weighted by atomic mass is 16.5. The Morgan fingerprint density at radius 2 is 1.07 bits per heavy atom. The third kappa shape index (κ3) is 25.8. The smallest absolute Gasteiger partial charge is 0.122 e. The molecule has 238 valence electrons. The van der Waals surface area contributed by atoms with E-state index in [1.807, 2.05) is 13.8 Å². The molecule has 0 radical (unpaired) electrons. The van der Waals surface area contributed by atoms with E-state index in [0.29, 0.717) is 0 Å². The van der Waals surface area contributed by atoms with E-state index in [0.717, 1.165) is 51.4 Å². The van der Waals surface area contributed by atoms with Crippen LogP contribution >= 0.6 is 0 Å². The lowest BCUT2D eigenvalue weighted by Crippen LogP contribution is -2.18. The van der Waals surface area contributed by atoms with Crippen molar-refractivity contribution in [2.75, 3.05) is 33.5 Å². The molecule has 0 amide bonds. The molecule has 0 heterocycles. The van der Waals surface area contributed by atoms with Crippen LogP contribution in [-0.2, 0) is 22.3 Å². The van der Waals surface area contributed by atoms with Gasteiger partial charge in [0, 0.05) is 32.5 Å². The van der Waals surface area contributed by atoms with Crippen LogP contribution in [0.5, 0.6) is 5.75 Å². The number of methoxy groups -OCH3 is 1. The number of hydrogen-bond acceptors (Lipinski definition) is 4. The fourth-order valence-corrected chi connectivity index (χ4v) is 4.43. The van der Waals surface area contributed by atoms with E-state index < -0.39 is 0 Å². The Kier molecular flexibility index (Phi) is 33.3. The summed E-state index contributed by atoms with van der Waals surface area (Å²) in [6.07, 6.45) is 21.2. The van der Waals surface area contributed by atoms with Gasteiger partial charge in [-0.25, -0.2) is 0 Å². The van der Waals surface area contributed by atoms with Crippen molar-refractivity contribution in [3.63, 3.8) is 0 Å². The van der Waals surface area contributed by atoms with Gasteiger partial charge >= 0.3 is 0 Å². The van der Waals surface area contributed by atoms with E-state index in [9.17, 15) is 0 Å². The standard InChI is InChI=1S/C30H55NO3.C4H10.C2H6/c1-5-19-33-20-16-13-17-22-34-21-15-12-10-8-6-7-9-11-14-18-28-23-26(2)29(24-27(3)31)25-30(28)32-4;1-3-4-2;1-2/h23,25,27H,5-22,24,31H2,1-4H3;3-4H2,1-2H3;1-2H3. The molecule has 4 nitrogen and oxygen atoms in total. The quantitative estimate of drug-likeness (QED) is 0.127. The molecule has 0 aliphatic carbocycles. The van der Waals surface area contributed by atoms with Crippen LogP contribution in [0.4, 0.5) is 0 Å². The number of rotatable bonds is 24. The molecule has 0 saturated carbocycles. The van der Waals surface area contributed by atoms with E-state index in [-0.39, 0.29) is 6.04 Å². The molecular weight excluding hydrogens is 494 g/mol. The van der Waals surface area contributed by atoms with Crippen molar-refractivity contribution in [1.82, 2.24) is 0 Å². The largest absolute Gasteiger partial charge is 0.496 e. The van der Waals surface area contributed by atoms with Crippen LogP contribution in [0.1, 0.15) is 155 Å².